The summed E-state index contributed by atoms with van der Waals surface area (Å²) in [6, 6.07) is 6.81. The lowest BCUT2D eigenvalue weighted by molar-refractivity contribution is -0.727. The van der Waals surface area contributed by atoms with Crippen molar-refractivity contribution in [3.63, 3.8) is 0 Å². The lowest BCUT2D eigenvalue weighted by Gasteiger charge is -2.34. The van der Waals surface area contributed by atoms with Crippen molar-refractivity contribution in [2.75, 3.05) is 11.9 Å². The Labute approximate surface area is 189 Å². The molecule has 4 heterocycles. The number of primary amides is 1. The molecule has 10 nitrogen and oxygen atoms in total. The van der Waals surface area contributed by atoms with Gasteiger partial charge in [-0.05, 0) is 43.5 Å². The number of anilines is 1. The van der Waals surface area contributed by atoms with Crippen LogP contribution >= 0.6 is 0 Å². The van der Waals surface area contributed by atoms with Gasteiger partial charge in [-0.25, -0.2) is 14.7 Å². The maximum Gasteiger partial charge on any atom is 0.426 e. The van der Waals surface area contributed by atoms with Gasteiger partial charge in [-0.15, -0.1) is 0 Å². The van der Waals surface area contributed by atoms with Gasteiger partial charge < -0.3 is 20.7 Å². The van der Waals surface area contributed by atoms with E-state index in [9.17, 15) is 14.4 Å². The van der Waals surface area contributed by atoms with Crippen LogP contribution in [0.15, 0.2) is 66.0 Å². The molecule has 2 aromatic rings. The van der Waals surface area contributed by atoms with Gasteiger partial charge in [-0.3, -0.25) is 9.59 Å². The lowest BCUT2D eigenvalue weighted by atomic mass is 10.1. The standard InChI is InChI=1S/C23H22N6O4/c1-14-8-11-28(16-6-7-16)21-18(14)29(22(31)17-5-2-9-25-20(17)26-21)23(32)33-13-27-10-3-4-15(12-27)19(24)30/h2-5,8-10,12,16H,6-7,11,13H2,1H3,(H2-,24,25,26,30,31)/p+1. The highest BCUT2D eigenvalue weighted by molar-refractivity contribution is 6.08. The number of rotatable bonds is 4. The molecule has 3 aliphatic rings. The molecule has 0 aromatic carbocycles. The second-order valence-electron chi connectivity index (χ2n) is 8.14. The number of hydrogen-bond donors (Lipinski definition) is 2. The van der Waals surface area contributed by atoms with Crippen LogP contribution in [-0.4, -0.2) is 45.3 Å². The van der Waals surface area contributed by atoms with Gasteiger partial charge >= 0.3 is 6.09 Å². The minimum atomic E-state index is -0.826. The normalized spacial score (nSPS) is 17.5. The van der Waals surface area contributed by atoms with Gasteiger partial charge in [-0.2, -0.15) is 4.57 Å². The molecule has 5 rings (SSSR count). The van der Waals surface area contributed by atoms with Gasteiger partial charge in [-0.1, -0.05) is 6.08 Å². The van der Waals surface area contributed by atoms with Crippen LogP contribution in [0, 0.1) is 0 Å². The lowest BCUT2D eigenvalue weighted by Crippen LogP contribution is -2.44. The van der Waals surface area contributed by atoms with Gasteiger partial charge in [0.25, 0.3) is 18.5 Å². The van der Waals surface area contributed by atoms with E-state index >= 15 is 0 Å². The molecule has 168 valence electrons. The second kappa shape index (κ2) is 8.05. The number of pyridine rings is 2. The number of nitrogens with two attached hydrogens (primary N) is 1. The summed E-state index contributed by atoms with van der Waals surface area (Å²) in [5, 5.41) is 3.30. The van der Waals surface area contributed by atoms with Crippen molar-refractivity contribution >= 4 is 23.7 Å². The third kappa shape index (κ3) is 3.79. The molecule has 10 heteroatoms. The molecule has 0 bridgehead atoms. The Kier molecular flexibility index (Phi) is 5.04. The zero-order valence-electron chi connectivity index (χ0n) is 18.0. The third-order valence-corrected chi connectivity index (χ3v) is 5.83. The van der Waals surface area contributed by atoms with Crippen LogP contribution in [0.2, 0.25) is 0 Å². The molecular formula is C23H23N6O4+. The Balaban J connectivity index is 1.51. The minimum absolute atomic E-state index is 0.200. The fourth-order valence-electron chi connectivity index (χ4n) is 4.01. The predicted octanol–water partition coefficient (Wildman–Crippen LogP) is 1.72. The van der Waals surface area contributed by atoms with Gasteiger partial charge in [0.05, 0.1) is 11.3 Å². The molecule has 0 radical (unpaired) electrons. The quantitative estimate of drug-likeness (QED) is 0.685. The number of imide groups is 1. The van der Waals surface area contributed by atoms with Crippen molar-refractivity contribution in [3.8, 4) is 0 Å². The average molecular weight is 447 g/mol. The van der Waals surface area contributed by atoms with Gasteiger partial charge in [0, 0.05) is 24.8 Å². The maximum atomic E-state index is 13.5. The second-order valence-corrected chi connectivity index (χ2v) is 8.14. The van der Waals surface area contributed by atoms with Crippen LogP contribution in [0.3, 0.4) is 0 Å². The first-order valence-electron chi connectivity index (χ1n) is 10.6. The summed E-state index contributed by atoms with van der Waals surface area (Å²) in [4.78, 5) is 45.8. The Hall–Kier alpha value is -4.21. The van der Waals surface area contributed by atoms with Crippen LogP contribution in [0.25, 0.3) is 0 Å². The molecule has 3 N–H and O–H groups in total. The molecule has 0 unspecified atom stereocenters. The number of fused-ring (bicyclic) bond motifs is 1. The summed E-state index contributed by atoms with van der Waals surface area (Å²) in [6.07, 6.45) is 7.98. The van der Waals surface area contributed by atoms with E-state index in [-0.39, 0.29) is 17.9 Å². The molecule has 1 saturated carbocycles. The number of nitrogens with zero attached hydrogens (tertiary/aromatic N) is 4. The maximum absolute atomic E-state index is 13.5. The monoisotopic (exact) mass is 447 g/mol. The van der Waals surface area contributed by atoms with Crippen molar-refractivity contribution < 1.29 is 23.7 Å². The largest absolute Gasteiger partial charge is 0.426 e. The highest BCUT2D eigenvalue weighted by Gasteiger charge is 2.42. The molecule has 1 aliphatic carbocycles. The molecule has 0 spiro atoms. The van der Waals surface area contributed by atoms with Crippen molar-refractivity contribution in [2.45, 2.75) is 32.5 Å². The predicted molar refractivity (Wildman–Crippen MR) is 116 cm³/mol. The van der Waals surface area contributed by atoms with E-state index in [1.54, 1.807) is 36.7 Å². The number of hydrogen-bond acceptors (Lipinski definition) is 7. The zero-order chi connectivity index (χ0) is 23.1. The van der Waals surface area contributed by atoms with E-state index in [1.165, 1.54) is 10.8 Å². The van der Waals surface area contributed by atoms with E-state index in [0.717, 1.165) is 23.3 Å². The van der Waals surface area contributed by atoms with Crippen LogP contribution in [0.1, 0.15) is 40.5 Å². The van der Waals surface area contributed by atoms with Crippen LogP contribution < -0.4 is 15.6 Å². The van der Waals surface area contributed by atoms with E-state index in [2.05, 4.69) is 15.2 Å². The third-order valence-electron chi connectivity index (χ3n) is 5.83. The van der Waals surface area contributed by atoms with Crippen LogP contribution in [0.4, 0.5) is 10.6 Å². The van der Waals surface area contributed by atoms with Gasteiger partial charge in [0.15, 0.2) is 12.4 Å². The summed E-state index contributed by atoms with van der Waals surface area (Å²) >= 11 is 0. The summed E-state index contributed by atoms with van der Waals surface area (Å²) in [5.74, 6) is -0.0498. The number of carbonyl (C=O) groups excluding carboxylic acids is 3. The Morgan fingerprint density at radius 2 is 2.12 bits per heavy atom. The molecule has 3 amide bonds. The van der Waals surface area contributed by atoms with Crippen molar-refractivity contribution in [1.29, 1.82) is 0 Å². The summed E-state index contributed by atoms with van der Waals surface area (Å²) in [7, 11) is 0. The first kappa shape index (κ1) is 20.7. The number of aromatic nitrogens is 2. The SMILES string of the molecule is CC1=CCN(C2CC2)C2=C1N(C(=O)OC[n+]1cccc(C(N)=O)c1)C(=O)c1cccnc1N2. The van der Waals surface area contributed by atoms with E-state index in [4.69, 9.17) is 10.5 Å². The highest BCUT2D eigenvalue weighted by Crippen LogP contribution is 2.38. The van der Waals surface area contributed by atoms with Crippen molar-refractivity contribution in [3.05, 3.63) is 77.2 Å². The Morgan fingerprint density at radius 3 is 2.88 bits per heavy atom. The van der Waals surface area contributed by atoms with Crippen molar-refractivity contribution in [2.24, 2.45) is 5.73 Å². The number of nitrogens with one attached hydrogen (secondary N) is 1. The smallest absolute Gasteiger partial charge is 0.388 e. The number of allylic oxidation sites excluding steroid dienone is 1. The molecule has 0 atom stereocenters. The van der Waals surface area contributed by atoms with E-state index in [0.29, 0.717) is 29.9 Å². The number of ether oxygens (including phenoxy) is 1. The molecule has 2 aliphatic heterocycles. The van der Waals surface area contributed by atoms with Gasteiger partial charge in [0.2, 0.25) is 0 Å². The number of amides is 3. The summed E-state index contributed by atoms with van der Waals surface area (Å²) < 4.78 is 7.00. The molecule has 1 fully saturated rings. The topological polar surface area (TPSA) is 122 Å². The molecular weight excluding hydrogens is 424 g/mol. The van der Waals surface area contributed by atoms with Crippen LogP contribution in [-0.2, 0) is 11.5 Å². The number of carbonyl (C=O) groups is 3. The van der Waals surface area contributed by atoms with E-state index in [1.807, 2.05) is 13.0 Å². The fourth-order valence-corrected chi connectivity index (χ4v) is 4.01. The fraction of sp³-hybridized carbons (Fsp3) is 0.261. The molecule has 33 heavy (non-hydrogen) atoms. The summed E-state index contributed by atoms with van der Waals surface area (Å²) in [6.45, 7) is 2.34. The Morgan fingerprint density at radius 1 is 1.30 bits per heavy atom. The summed E-state index contributed by atoms with van der Waals surface area (Å²) in [5.41, 5.74) is 7.12. The van der Waals surface area contributed by atoms with E-state index < -0.39 is 17.9 Å². The Bertz CT molecular complexity index is 1230. The first-order chi connectivity index (χ1) is 15.9. The minimum Gasteiger partial charge on any atom is -0.388 e. The first-order valence-corrected chi connectivity index (χ1v) is 10.6. The zero-order valence-corrected chi connectivity index (χ0v) is 18.0. The molecule has 2 aromatic heterocycles. The average Bonchev–Trinajstić information content (AvgIpc) is 3.66. The van der Waals surface area contributed by atoms with Gasteiger partial charge in [0.1, 0.15) is 17.2 Å². The van der Waals surface area contributed by atoms with Crippen molar-refractivity contribution in [1.82, 2.24) is 14.8 Å². The van der Waals surface area contributed by atoms with Crippen LogP contribution in [0.5, 0.6) is 0 Å². The highest BCUT2D eigenvalue weighted by atomic mass is 16.6. The molecule has 0 saturated heterocycles.